The van der Waals surface area contributed by atoms with Gasteiger partial charge in [0, 0.05) is 33.4 Å². The van der Waals surface area contributed by atoms with Crippen LogP contribution in [0.4, 0.5) is 0 Å². The van der Waals surface area contributed by atoms with Crippen LogP contribution in [0.3, 0.4) is 0 Å². The summed E-state index contributed by atoms with van der Waals surface area (Å²) < 4.78 is 5.51. The van der Waals surface area contributed by atoms with E-state index in [-0.39, 0.29) is 0 Å². The SMILES string of the molecule is CC(OC(=O)c1ccnc2[nH]ccc12)c1ccc(Cl)cc1Cl. The summed E-state index contributed by atoms with van der Waals surface area (Å²) in [5, 5.41) is 1.73. The van der Waals surface area contributed by atoms with Gasteiger partial charge in [0.05, 0.1) is 5.56 Å². The molecule has 0 aliphatic carbocycles. The Morgan fingerprint density at radius 1 is 1.27 bits per heavy atom. The lowest BCUT2D eigenvalue weighted by molar-refractivity contribution is 0.0340. The van der Waals surface area contributed by atoms with Gasteiger partial charge in [-0.1, -0.05) is 29.3 Å². The van der Waals surface area contributed by atoms with Gasteiger partial charge in [0.1, 0.15) is 11.8 Å². The summed E-state index contributed by atoms with van der Waals surface area (Å²) in [4.78, 5) is 19.5. The number of benzene rings is 1. The topological polar surface area (TPSA) is 55.0 Å². The predicted octanol–water partition coefficient (Wildman–Crippen LogP) is 4.79. The zero-order valence-electron chi connectivity index (χ0n) is 11.6. The van der Waals surface area contributed by atoms with Gasteiger partial charge in [0.2, 0.25) is 0 Å². The van der Waals surface area contributed by atoms with E-state index in [4.69, 9.17) is 27.9 Å². The first-order chi connectivity index (χ1) is 10.6. The van der Waals surface area contributed by atoms with Crippen LogP contribution in [0, 0.1) is 0 Å². The Hall–Kier alpha value is -2.04. The molecule has 2 heterocycles. The van der Waals surface area contributed by atoms with Crippen LogP contribution < -0.4 is 0 Å². The molecule has 0 aliphatic heterocycles. The van der Waals surface area contributed by atoms with E-state index in [1.54, 1.807) is 49.6 Å². The molecule has 112 valence electrons. The smallest absolute Gasteiger partial charge is 0.339 e. The minimum Gasteiger partial charge on any atom is -0.454 e. The van der Waals surface area contributed by atoms with Crippen LogP contribution in [0.2, 0.25) is 10.0 Å². The number of H-pyrrole nitrogens is 1. The van der Waals surface area contributed by atoms with E-state index in [2.05, 4.69) is 9.97 Å². The highest BCUT2D eigenvalue weighted by atomic mass is 35.5. The van der Waals surface area contributed by atoms with Crippen molar-refractivity contribution in [1.82, 2.24) is 9.97 Å². The summed E-state index contributed by atoms with van der Waals surface area (Å²) in [6, 6.07) is 8.51. The molecule has 0 saturated heterocycles. The van der Waals surface area contributed by atoms with Crippen molar-refractivity contribution in [1.29, 1.82) is 0 Å². The molecule has 0 saturated carbocycles. The molecule has 0 fully saturated rings. The average Bonchev–Trinajstić information content (AvgIpc) is 2.95. The lowest BCUT2D eigenvalue weighted by Gasteiger charge is -2.15. The first kappa shape index (κ1) is 14.9. The minimum absolute atomic E-state index is 0.425. The van der Waals surface area contributed by atoms with Crippen LogP contribution in [-0.2, 0) is 4.74 Å². The largest absolute Gasteiger partial charge is 0.454 e. The van der Waals surface area contributed by atoms with Gasteiger partial charge in [-0.3, -0.25) is 0 Å². The van der Waals surface area contributed by atoms with Crippen molar-refractivity contribution in [3.05, 3.63) is 63.9 Å². The highest BCUT2D eigenvalue weighted by Crippen LogP contribution is 2.29. The number of ether oxygens (including phenoxy) is 1. The number of nitrogens with one attached hydrogen (secondary N) is 1. The van der Waals surface area contributed by atoms with Gasteiger partial charge in [0.25, 0.3) is 0 Å². The lowest BCUT2D eigenvalue weighted by Crippen LogP contribution is -2.10. The fourth-order valence-electron chi connectivity index (χ4n) is 2.26. The van der Waals surface area contributed by atoms with Gasteiger partial charge in [-0.25, -0.2) is 9.78 Å². The van der Waals surface area contributed by atoms with Gasteiger partial charge < -0.3 is 9.72 Å². The Morgan fingerprint density at radius 2 is 2.09 bits per heavy atom. The van der Waals surface area contributed by atoms with Crippen LogP contribution in [0.25, 0.3) is 11.0 Å². The van der Waals surface area contributed by atoms with E-state index in [1.807, 2.05) is 0 Å². The van der Waals surface area contributed by atoms with Gasteiger partial charge in [-0.15, -0.1) is 0 Å². The van der Waals surface area contributed by atoms with Gasteiger partial charge in [-0.2, -0.15) is 0 Å². The maximum absolute atomic E-state index is 12.4. The molecule has 22 heavy (non-hydrogen) atoms. The normalized spacial score (nSPS) is 12.3. The molecule has 0 spiro atoms. The zero-order valence-corrected chi connectivity index (χ0v) is 13.2. The fraction of sp³-hybridized carbons (Fsp3) is 0.125. The summed E-state index contributed by atoms with van der Waals surface area (Å²) >= 11 is 12.0. The zero-order chi connectivity index (χ0) is 15.7. The van der Waals surface area contributed by atoms with Crippen LogP contribution in [0.5, 0.6) is 0 Å². The standard InChI is InChI=1S/C16H12Cl2N2O2/c1-9(11-3-2-10(17)8-14(11)18)22-16(21)13-5-7-20-15-12(13)4-6-19-15/h2-9H,1H3,(H,19,20). The molecule has 1 aromatic carbocycles. The predicted molar refractivity (Wildman–Crippen MR) is 86.4 cm³/mol. The number of halogens is 2. The van der Waals surface area contributed by atoms with Crippen molar-refractivity contribution in [2.24, 2.45) is 0 Å². The minimum atomic E-state index is -0.487. The Kier molecular flexibility index (Phi) is 4.05. The first-order valence-corrected chi connectivity index (χ1v) is 7.40. The number of carbonyl (C=O) groups is 1. The van der Waals surface area contributed by atoms with Crippen LogP contribution in [0.1, 0.15) is 28.9 Å². The molecule has 3 aromatic rings. The van der Waals surface area contributed by atoms with Crippen molar-refractivity contribution in [2.45, 2.75) is 13.0 Å². The van der Waals surface area contributed by atoms with Crippen molar-refractivity contribution in [2.75, 3.05) is 0 Å². The molecule has 0 aliphatic rings. The number of hydrogen-bond acceptors (Lipinski definition) is 3. The highest BCUT2D eigenvalue weighted by Gasteiger charge is 2.18. The maximum Gasteiger partial charge on any atom is 0.339 e. The van der Waals surface area contributed by atoms with Crippen molar-refractivity contribution < 1.29 is 9.53 Å². The molecule has 2 aromatic heterocycles. The third kappa shape index (κ3) is 2.80. The summed E-state index contributed by atoms with van der Waals surface area (Å²) in [6.07, 6.45) is 2.81. The molecular weight excluding hydrogens is 323 g/mol. The number of aromatic amines is 1. The number of hydrogen-bond donors (Lipinski definition) is 1. The quantitative estimate of drug-likeness (QED) is 0.700. The average molecular weight is 335 g/mol. The second-order valence-corrected chi connectivity index (χ2v) is 5.66. The van der Waals surface area contributed by atoms with E-state index in [0.29, 0.717) is 26.8 Å². The van der Waals surface area contributed by atoms with Gasteiger partial charge in [-0.05, 0) is 31.2 Å². The third-order valence-corrected chi connectivity index (χ3v) is 3.93. The Labute approximate surface area is 137 Å². The molecular formula is C16H12Cl2N2O2. The molecule has 1 unspecified atom stereocenters. The number of fused-ring (bicyclic) bond motifs is 1. The lowest BCUT2D eigenvalue weighted by atomic mass is 10.1. The molecule has 0 amide bonds. The maximum atomic E-state index is 12.4. The Morgan fingerprint density at radius 3 is 2.86 bits per heavy atom. The van der Waals surface area contributed by atoms with E-state index in [1.165, 1.54) is 0 Å². The van der Waals surface area contributed by atoms with Crippen LogP contribution >= 0.6 is 23.2 Å². The second kappa shape index (κ2) is 5.99. The monoisotopic (exact) mass is 334 g/mol. The van der Waals surface area contributed by atoms with Crippen molar-refractivity contribution in [3.8, 4) is 0 Å². The summed E-state index contributed by atoms with van der Waals surface area (Å²) in [5.74, 6) is -0.425. The number of nitrogens with zero attached hydrogens (tertiary/aromatic N) is 1. The summed E-state index contributed by atoms with van der Waals surface area (Å²) in [7, 11) is 0. The Balaban J connectivity index is 1.86. The van der Waals surface area contributed by atoms with E-state index in [9.17, 15) is 4.79 Å². The van der Waals surface area contributed by atoms with Gasteiger partial charge in [0.15, 0.2) is 0 Å². The van der Waals surface area contributed by atoms with Crippen LogP contribution in [-0.4, -0.2) is 15.9 Å². The number of aromatic nitrogens is 2. The molecule has 1 N–H and O–H groups in total. The van der Waals surface area contributed by atoms with Crippen molar-refractivity contribution in [3.63, 3.8) is 0 Å². The summed E-state index contributed by atoms with van der Waals surface area (Å²) in [5.41, 5.74) is 1.81. The molecule has 0 radical (unpaired) electrons. The van der Waals surface area contributed by atoms with E-state index in [0.717, 1.165) is 5.39 Å². The molecule has 6 heteroatoms. The number of esters is 1. The fourth-order valence-corrected chi connectivity index (χ4v) is 2.82. The molecule has 1 atom stereocenters. The molecule has 0 bridgehead atoms. The molecule has 3 rings (SSSR count). The van der Waals surface area contributed by atoms with Crippen molar-refractivity contribution >= 4 is 40.2 Å². The molecule has 4 nitrogen and oxygen atoms in total. The summed E-state index contributed by atoms with van der Waals surface area (Å²) in [6.45, 7) is 1.77. The number of pyridine rings is 1. The second-order valence-electron chi connectivity index (χ2n) is 4.81. The van der Waals surface area contributed by atoms with E-state index < -0.39 is 12.1 Å². The Bertz CT molecular complexity index is 845. The highest BCUT2D eigenvalue weighted by molar-refractivity contribution is 6.35. The number of rotatable bonds is 3. The van der Waals surface area contributed by atoms with E-state index >= 15 is 0 Å². The van der Waals surface area contributed by atoms with Crippen LogP contribution in [0.15, 0.2) is 42.7 Å². The first-order valence-electron chi connectivity index (χ1n) is 6.64. The van der Waals surface area contributed by atoms with Gasteiger partial charge >= 0.3 is 5.97 Å². The third-order valence-electron chi connectivity index (χ3n) is 3.36. The number of carbonyl (C=O) groups excluding carboxylic acids is 1.